The highest BCUT2D eigenvalue weighted by Crippen LogP contribution is 2.30. The highest BCUT2D eigenvalue weighted by atomic mass is 16.5. The van der Waals surface area contributed by atoms with E-state index in [1.807, 2.05) is 6.92 Å². The number of H-pyrrole nitrogens is 1. The number of fused-ring (bicyclic) bond motifs is 1. The fraction of sp³-hybridized carbons (Fsp3) is 0.167. The monoisotopic (exact) mass is 260 g/mol. The Bertz CT molecular complexity index is 812. The van der Waals surface area contributed by atoms with Crippen LogP contribution in [-0.4, -0.2) is 14.8 Å². The van der Waals surface area contributed by atoms with Crippen LogP contribution in [0.3, 0.4) is 0 Å². The summed E-state index contributed by atoms with van der Waals surface area (Å²) in [6.07, 6.45) is 0. The van der Waals surface area contributed by atoms with Crippen molar-refractivity contribution in [2.24, 2.45) is 7.05 Å². The van der Waals surface area contributed by atoms with E-state index in [2.05, 4.69) is 10.1 Å². The van der Waals surface area contributed by atoms with Crippen molar-refractivity contribution in [2.45, 2.75) is 6.92 Å². The summed E-state index contributed by atoms with van der Waals surface area (Å²) in [4.78, 5) is 13.7. The maximum Gasteiger partial charge on any atom is 0.417 e. The highest BCUT2D eigenvalue weighted by Gasteiger charge is 2.11. The second-order valence-electron chi connectivity index (χ2n) is 4.25. The van der Waals surface area contributed by atoms with Crippen LogP contribution in [0.5, 0.6) is 11.6 Å². The lowest BCUT2D eigenvalue weighted by Gasteiger charge is -2.07. The van der Waals surface area contributed by atoms with Crippen molar-refractivity contribution in [1.82, 2.24) is 14.8 Å². The molecule has 3 aromatic rings. The summed E-state index contributed by atoms with van der Waals surface area (Å²) >= 11 is 0. The van der Waals surface area contributed by atoms with E-state index in [1.54, 1.807) is 29.9 Å². The number of ether oxygens (including phenoxy) is 1. The first-order valence-corrected chi connectivity index (χ1v) is 5.64. The van der Waals surface area contributed by atoms with E-state index in [1.165, 1.54) is 0 Å². The molecule has 0 saturated carbocycles. The molecule has 0 atom stereocenters. The van der Waals surface area contributed by atoms with Crippen LogP contribution in [-0.2, 0) is 7.05 Å². The van der Waals surface area contributed by atoms with Crippen LogP contribution < -0.4 is 16.2 Å². The molecule has 98 valence electrons. The fourth-order valence-corrected chi connectivity index (χ4v) is 1.88. The molecule has 7 nitrogen and oxygen atoms in total. The number of benzene rings is 1. The Morgan fingerprint density at radius 2 is 2.21 bits per heavy atom. The van der Waals surface area contributed by atoms with E-state index < -0.39 is 5.76 Å². The van der Waals surface area contributed by atoms with Crippen LogP contribution in [0.25, 0.3) is 11.1 Å². The highest BCUT2D eigenvalue weighted by molar-refractivity contribution is 5.80. The third-order valence-electron chi connectivity index (χ3n) is 2.72. The summed E-state index contributed by atoms with van der Waals surface area (Å²) < 4.78 is 12.2. The number of oxazole rings is 1. The predicted octanol–water partition coefficient (Wildman–Crippen LogP) is 1.54. The van der Waals surface area contributed by atoms with Gasteiger partial charge in [-0.3, -0.25) is 4.98 Å². The third-order valence-corrected chi connectivity index (χ3v) is 2.72. The van der Waals surface area contributed by atoms with Crippen molar-refractivity contribution in [2.75, 3.05) is 5.73 Å². The fourth-order valence-electron chi connectivity index (χ4n) is 1.88. The van der Waals surface area contributed by atoms with Gasteiger partial charge in [0.05, 0.1) is 16.9 Å². The Labute approximate surface area is 107 Å². The van der Waals surface area contributed by atoms with Gasteiger partial charge >= 0.3 is 5.76 Å². The van der Waals surface area contributed by atoms with E-state index >= 15 is 0 Å². The molecule has 0 aliphatic carbocycles. The van der Waals surface area contributed by atoms with Crippen molar-refractivity contribution in [3.8, 4) is 11.6 Å². The van der Waals surface area contributed by atoms with Crippen LogP contribution >= 0.6 is 0 Å². The Morgan fingerprint density at radius 3 is 2.89 bits per heavy atom. The van der Waals surface area contributed by atoms with E-state index in [4.69, 9.17) is 14.9 Å². The van der Waals surface area contributed by atoms with Gasteiger partial charge in [0, 0.05) is 25.2 Å². The van der Waals surface area contributed by atoms with Gasteiger partial charge in [0.1, 0.15) is 0 Å². The Morgan fingerprint density at radius 1 is 1.42 bits per heavy atom. The van der Waals surface area contributed by atoms with Gasteiger partial charge in [-0.05, 0) is 6.92 Å². The lowest BCUT2D eigenvalue weighted by molar-refractivity contribution is 0.433. The molecule has 0 spiro atoms. The molecule has 3 N–H and O–H groups in total. The third kappa shape index (κ3) is 1.95. The topological polar surface area (TPSA) is 99.1 Å². The van der Waals surface area contributed by atoms with Crippen molar-refractivity contribution >= 4 is 16.8 Å². The molecule has 1 aromatic carbocycles. The van der Waals surface area contributed by atoms with Crippen LogP contribution in [0.15, 0.2) is 27.4 Å². The van der Waals surface area contributed by atoms with E-state index in [0.717, 1.165) is 5.69 Å². The second kappa shape index (κ2) is 3.91. The van der Waals surface area contributed by atoms with Gasteiger partial charge in [-0.25, -0.2) is 9.48 Å². The van der Waals surface area contributed by atoms with Gasteiger partial charge in [0.2, 0.25) is 5.88 Å². The minimum atomic E-state index is -0.525. The maximum atomic E-state index is 11.1. The molecular weight excluding hydrogens is 248 g/mol. The number of aromatic nitrogens is 3. The van der Waals surface area contributed by atoms with Gasteiger partial charge in [-0.15, -0.1) is 0 Å². The smallest absolute Gasteiger partial charge is 0.417 e. The second-order valence-corrected chi connectivity index (χ2v) is 4.25. The molecule has 2 heterocycles. The molecule has 19 heavy (non-hydrogen) atoms. The Kier molecular flexibility index (Phi) is 2.34. The molecule has 0 aliphatic heterocycles. The number of nitrogens with one attached hydrogen (secondary N) is 1. The zero-order valence-electron chi connectivity index (χ0n) is 10.4. The molecule has 0 unspecified atom stereocenters. The first kappa shape index (κ1) is 11.4. The van der Waals surface area contributed by atoms with Gasteiger partial charge in [0.25, 0.3) is 0 Å². The Hall–Kier alpha value is -2.70. The Balaban J connectivity index is 2.07. The summed E-state index contributed by atoms with van der Waals surface area (Å²) in [6, 6.07) is 4.96. The van der Waals surface area contributed by atoms with Gasteiger partial charge in [0.15, 0.2) is 11.3 Å². The van der Waals surface area contributed by atoms with Crippen LogP contribution in [0.2, 0.25) is 0 Å². The van der Waals surface area contributed by atoms with Crippen LogP contribution in [0.1, 0.15) is 5.69 Å². The van der Waals surface area contributed by atoms with Crippen molar-refractivity contribution in [3.05, 3.63) is 34.4 Å². The largest absolute Gasteiger partial charge is 0.437 e. The lowest BCUT2D eigenvalue weighted by atomic mass is 10.2. The summed E-state index contributed by atoms with van der Waals surface area (Å²) in [5, 5.41) is 4.18. The number of nitrogens with zero attached hydrogens (tertiary/aromatic N) is 2. The molecule has 0 fully saturated rings. The zero-order chi connectivity index (χ0) is 13.6. The summed E-state index contributed by atoms with van der Waals surface area (Å²) in [7, 11) is 1.77. The van der Waals surface area contributed by atoms with Crippen molar-refractivity contribution in [1.29, 1.82) is 0 Å². The summed E-state index contributed by atoms with van der Waals surface area (Å²) in [5.41, 5.74) is 8.03. The standard InChI is InChI=1S/C12H12N4O3/c1-6-3-11(16(2)15-6)18-9-5-8-10(4-7(9)13)19-12(17)14-8/h3-5H,13H2,1-2H3,(H,14,17). The number of nitrogen functional groups attached to an aromatic ring is 1. The first-order valence-electron chi connectivity index (χ1n) is 5.64. The average molecular weight is 260 g/mol. The van der Waals surface area contributed by atoms with E-state index in [0.29, 0.717) is 28.4 Å². The van der Waals surface area contributed by atoms with Gasteiger partial charge in [-0.1, -0.05) is 0 Å². The molecular formula is C12H12N4O3. The molecule has 2 aromatic heterocycles. The molecule has 7 heteroatoms. The van der Waals surface area contributed by atoms with E-state index in [-0.39, 0.29) is 0 Å². The minimum Gasteiger partial charge on any atom is -0.437 e. The molecule has 0 amide bonds. The number of anilines is 1. The predicted molar refractivity (Wildman–Crippen MR) is 69.3 cm³/mol. The summed E-state index contributed by atoms with van der Waals surface area (Å²) in [6.45, 7) is 1.87. The molecule has 0 saturated heterocycles. The zero-order valence-corrected chi connectivity index (χ0v) is 10.4. The normalized spacial score (nSPS) is 11.1. The number of hydrogen-bond donors (Lipinski definition) is 2. The molecule has 0 radical (unpaired) electrons. The molecule has 3 rings (SSSR count). The number of rotatable bonds is 2. The number of aromatic amines is 1. The SMILES string of the molecule is Cc1cc(Oc2cc3[nH]c(=O)oc3cc2N)n(C)n1. The van der Waals surface area contributed by atoms with Crippen molar-refractivity contribution < 1.29 is 9.15 Å². The maximum absolute atomic E-state index is 11.1. The lowest BCUT2D eigenvalue weighted by Crippen LogP contribution is -1.97. The van der Waals surface area contributed by atoms with E-state index in [9.17, 15) is 4.79 Å². The average Bonchev–Trinajstić information content (AvgIpc) is 2.81. The molecule has 0 bridgehead atoms. The number of nitrogens with two attached hydrogens (primary N) is 1. The van der Waals surface area contributed by atoms with Crippen LogP contribution in [0.4, 0.5) is 5.69 Å². The van der Waals surface area contributed by atoms with Gasteiger partial charge in [-0.2, -0.15) is 5.10 Å². The minimum absolute atomic E-state index is 0.383. The quantitative estimate of drug-likeness (QED) is 0.681. The molecule has 0 aliphatic rings. The number of hydrogen-bond acceptors (Lipinski definition) is 5. The van der Waals surface area contributed by atoms with Crippen molar-refractivity contribution in [3.63, 3.8) is 0 Å². The number of aryl methyl sites for hydroxylation is 2. The van der Waals surface area contributed by atoms with Crippen LogP contribution in [0, 0.1) is 6.92 Å². The van der Waals surface area contributed by atoms with Gasteiger partial charge < -0.3 is 14.9 Å². The summed E-state index contributed by atoms with van der Waals surface area (Å²) in [5.74, 6) is 0.477. The first-order chi connectivity index (χ1) is 9.02.